The van der Waals surface area contributed by atoms with E-state index in [9.17, 15) is 17.2 Å². The summed E-state index contributed by atoms with van der Waals surface area (Å²) < 4.78 is 58.1. The number of nitrogens with one attached hydrogen (secondary N) is 1. The summed E-state index contributed by atoms with van der Waals surface area (Å²) in [5.41, 5.74) is 4.87. The van der Waals surface area contributed by atoms with Gasteiger partial charge in [0.25, 0.3) is 0 Å². The maximum atomic E-state index is 13.6. The van der Waals surface area contributed by atoms with E-state index in [0.717, 1.165) is 18.9 Å². The SMILES string of the molecule is Nc1cc(S(=O)(=O)NCC2CCOCC2)c(F)cc1F. The van der Waals surface area contributed by atoms with Gasteiger partial charge in [0.15, 0.2) is 0 Å². The number of halogens is 2. The van der Waals surface area contributed by atoms with Crippen LogP contribution in [0.15, 0.2) is 17.0 Å². The molecule has 0 amide bonds. The minimum atomic E-state index is -4.04. The zero-order valence-corrected chi connectivity index (χ0v) is 11.6. The van der Waals surface area contributed by atoms with Gasteiger partial charge in [-0.3, -0.25) is 0 Å². The molecule has 1 aromatic rings. The maximum Gasteiger partial charge on any atom is 0.243 e. The summed E-state index contributed by atoms with van der Waals surface area (Å²) in [4.78, 5) is -0.636. The zero-order chi connectivity index (χ0) is 14.8. The molecule has 0 unspecified atom stereocenters. The predicted molar refractivity (Wildman–Crippen MR) is 69.5 cm³/mol. The molecule has 112 valence electrons. The first-order valence-corrected chi connectivity index (χ1v) is 7.70. The Kier molecular flexibility index (Phi) is 4.56. The quantitative estimate of drug-likeness (QED) is 0.820. The Hall–Kier alpha value is -1.25. The molecule has 1 aliphatic heterocycles. The smallest absolute Gasteiger partial charge is 0.243 e. The van der Waals surface area contributed by atoms with E-state index in [-0.39, 0.29) is 12.5 Å². The van der Waals surface area contributed by atoms with E-state index >= 15 is 0 Å². The molecule has 0 aliphatic carbocycles. The van der Waals surface area contributed by atoms with Crippen LogP contribution in [0.5, 0.6) is 0 Å². The van der Waals surface area contributed by atoms with Crippen molar-refractivity contribution in [2.24, 2.45) is 5.92 Å². The molecule has 1 aliphatic rings. The van der Waals surface area contributed by atoms with Gasteiger partial charge in [0.2, 0.25) is 10.0 Å². The van der Waals surface area contributed by atoms with Gasteiger partial charge in [0, 0.05) is 25.8 Å². The lowest BCUT2D eigenvalue weighted by atomic mass is 10.0. The zero-order valence-electron chi connectivity index (χ0n) is 10.7. The van der Waals surface area contributed by atoms with E-state index in [1.807, 2.05) is 0 Å². The average molecular weight is 306 g/mol. The fourth-order valence-corrected chi connectivity index (χ4v) is 3.21. The highest BCUT2D eigenvalue weighted by Crippen LogP contribution is 2.21. The third-order valence-corrected chi connectivity index (χ3v) is 4.68. The van der Waals surface area contributed by atoms with Gasteiger partial charge in [-0.25, -0.2) is 21.9 Å². The number of nitrogen functional groups attached to an aromatic ring is 1. The van der Waals surface area contributed by atoms with Gasteiger partial charge in [-0.1, -0.05) is 0 Å². The highest BCUT2D eigenvalue weighted by atomic mass is 32.2. The van der Waals surface area contributed by atoms with Crippen molar-refractivity contribution >= 4 is 15.7 Å². The van der Waals surface area contributed by atoms with Gasteiger partial charge in [-0.15, -0.1) is 0 Å². The van der Waals surface area contributed by atoms with Crippen LogP contribution in [0, 0.1) is 17.6 Å². The van der Waals surface area contributed by atoms with Gasteiger partial charge in [-0.2, -0.15) is 0 Å². The number of benzene rings is 1. The van der Waals surface area contributed by atoms with Gasteiger partial charge in [-0.05, 0) is 24.8 Å². The summed E-state index contributed by atoms with van der Waals surface area (Å²) in [6.07, 6.45) is 1.49. The molecule has 1 saturated heterocycles. The second-order valence-corrected chi connectivity index (χ2v) is 6.45. The topological polar surface area (TPSA) is 81.4 Å². The molecule has 0 spiro atoms. The molecule has 0 saturated carbocycles. The maximum absolute atomic E-state index is 13.6. The summed E-state index contributed by atoms with van der Waals surface area (Å²) in [6, 6.07) is 1.26. The molecule has 5 nitrogen and oxygen atoms in total. The molecule has 1 fully saturated rings. The van der Waals surface area contributed by atoms with Crippen LogP contribution in [0.25, 0.3) is 0 Å². The van der Waals surface area contributed by atoms with Crippen LogP contribution >= 0.6 is 0 Å². The Morgan fingerprint density at radius 3 is 2.55 bits per heavy atom. The van der Waals surface area contributed by atoms with E-state index < -0.39 is 32.2 Å². The highest BCUT2D eigenvalue weighted by molar-refractivity contribution is 7.89. The third kappa shape index (κ3) is 3.44. The lowest BCUT2D eigenvalue weighted by molar-refractivity contribution is 0.0678. The third-order valence-electron chi connectivity index (χ3n) is 3.24. The molecule has 20 heavy (non-hydrogen) atoms. The summed E-state index contributed by atoms with van der Waals surface area (Å²) in [6.45, 7) is 1.37. The summed E-state index contributed by atoms with van der Waals surface area (Å²) >= 11 is 0. The number of hydrogen-bond acceptors (Lipinski definition) is 4. The number of anilines is 1. The van der Waals surface area contributed by atoms with Crippen molar-refractivity contribution in [1.29, 1.82) is 0 Å². The second kappa shape index (κ2) is 6.02. The van der Waals surface area contributed by atoms with Gasteiger partial charge >= 0.3 is 0 Å². The van der Waals surface area contributed by atoms with Crippen LogP contribution in [0.2, 0.25) is 0 Å². The minimum absolute atomic E-state index is 0.152. The second-order valence-electron chi connectivity index (χ2n) is 4.71. The van der Waals surface area contributed by atoms with Crippen molar-refractivity contribution < 1.29 is 21.9 Å². The van der Waals surface area contributed by atoms with Crippen LogP contribution in [-0.2, 0) is 14.8 Å². The van der Waals surface area contributed by atoms with E-state index in [0.29, 0.717) is 19.3 Å². The number of ether oxygens (including phenoxy) is 1. The normalized spacial score (nSPS) is 17.3. The van der Waals surface area contributed by atoms with Crippen molar-refractivity contribution in [2.75, 3.05) is 25.5 Å². The van der Waals surface area contributed by atoms with Gasteiger partial charge < -0.3 is 10.5 Å². The van der Waals surface area contributed by atoms with Crippen molar-refractivity contribution in [3.8, 4) is 0 Å². The van der Waals surface area contributed by atoms with Crippen molar-refractivity contribution in [3.63, 3.8) is 0 Å². The Bertz CT molecular complexity index is 587. The van der Waals surface area contributed by atoms with Crippen LogP contribution in [0.3, 0.4) is 0 Å². The number of hydrogen-bond donors (Lipinski definition) is 2. The number of nitrogens with two attached hydrogens (primary N) is 1. The van der Waals surface area contributed by atoms with Crippen molar-refractivity contribution in [3.05, 3.63) is 23.8 Å². The average Bonchev–Trinajstić information content (AvgIpc) is 2.42. The van der Waals surface area contributed by atoms with Crippen LogP contribution in [-0.4, -0.2) is 28.2 Å². The van der Waals surface area contributed by atoms with Crippen molar-refractivity contribution in [2.45, 2.75) is 17.7 Å². The van der Waals surface area contributed by atoms with Crippen LogP contribution in [0.4, 0.5) is 14.5 Å². The lowest BCUT2D eigenvalue weighted by Gasteiger charge is -2.22. The highest BCUT2D eigenvalue weighted by Gasteiger charge is 2.23. The lowest BCUT2D eigenvalue weighted by Crippen LogP contribution is -2.32. The largest absolute Gasteiger partial charge is 0.396 e. The molecule has 0 aromatic heterocycles. The first kappa shape index (κ1) is 15.1. The van der Waals surface area contributed by atoms with Crippen molar-refractivity contribution in [1.82, 2.24) is 4.72 Å². The molecule has 0 radical (unpaired) electrons. The molecular weight excluding hydrogens is 290 g/mol. The molecule has 2 rings (SSSR count). The van der Waals surface area contributed by atoms with E-state index in [4.69, 9.17) is 10.5 Å². The Labute approximate surface area is 116 Å². The predicted octanol–water partition coefficient (Wildman–Crippen LogP) is 1.25. The monoisotopic (exact) mass is 306 g/mol. The first-order chi connectivity index (χ1) is 9.40. The van der Waals surface area contributed by atoms with Gasteiger partial charge in [0.05, 0.1) is 5.69 Å². The number of sulfonamides is 1. The standard InChI is InChI=1S/C12H16F2N2O3S/c13-9-5-10(14)12(6-11(9)15)20(17,18)16-7-8-1-3-19-4-2-8/h5-6,8,16H,1-4,7,15H2. The molecule has 1 heterocycles. The first-order valence-electron chi connectivity index (χ1n) is 6.22. The van der Waals surface area contributed by atoms with E-state index in [2.05, 4.69) is 4.72 Å². The Morgan fingerprint density at radius 1 is 1.25 bits per heavy atom. The molecule has 3 N–H and O–H groups in total. The van der Waals surface area contributed by atoms with Gasteiger partial charge in [0.1, 0.15) is 16.5 Å². The fourth-order valence-electron chi connectivity index (χ4n) is 2.01. The van der Waals surface area contributed by atoms with E-state index in [1.54, 1.807) is 0 Å². The molecular formula is C12H16F2N2O3S. The van der Waals surface area contributed by atoms with E-state index in [1.165, 1.54) is 0 Å². The summed E-state index contributed by atoms with van der Waals surface area (Å²) in [7, 11) is -4.04. The Balaban J connectivity index is 2.11. The van der Waals surface area contributed by atoms with Crippen LogP contribution in [0.1, 0.15) is 12.8 Å². The number of rotatable bonds is 4. The summed E-state index contributed by atoms with van der Waals surface area (Å²) in [5.74, 6) is -1.98. The molecule has 1 aromatic carbocycles. The molecule has 0 bridgehead atoms. The Morgan fingerprint density at radius 2 is 1.90 bits per heavy atom. The van der Waals surface area contributed by atoms with Crippen LogP contribution < -0.4 is 10.5 Å². The summed E-state index contributed by atoms with van der Waals surface area (Å²) in [5, 5.41) is 0. The fraction of sp³-hybridized carbons (Fsp3) is 0.500. The molecule has 8 heteroatoms. The molecule has 0 atom stereocenters. The minimum Gasteiger partial charge on any atom is -0.396 e.